The molecule has 0 aliphatic carbocycles. The molecule has 0 spiro atoms. The molecular weight excluding hydrogens is 242 g/mol. The van der Waals surface area contributed by atoms with Crippen LogP contribution < -0.4 is 0 Å². The van der Waals surface area contributed by atoms with Gasteiger partial charge in [-0.15, -0.1) is 11.8 Å². The van der Waals surface area contributed by atoms with Crippen LogP contribution in [-0.2, 0) is 5.75 Å². The number of rotatable bonds is 4. The van der Waals surface area contributed by atoms with E-state index in [1.54, 1.807) is 11.8 Å². The largest absolute Gasteiger partial charge is 0.121 e. The highest BCUT2D eigenvalue weighted by Gasteiger charge is 2.01. The average Bonchev–Trinajstić information content (AvgIpc) is 2.40. The van der Waals surface area contributed by atoms with Gasteiger partial charge in [-0.3, -0.25) is 0 Å². The fourth-order valence-electron chi connectivity index (χ4n) is 1.56. The average molecular weight is 255 g/mol. The maximum absolute atomic E-state index is 8.51. The van der Waals surface area contributed by atoms with Gasteiger partial charge in [0.2, 0.25) is 0 Å². The first-order valence-electron chi connectivity index (χ1n) is 5.62. The van der Waals surface area contributed by atoms with Crippen LogP contribution in [0.5, 0.6) is 0 Å². The lowest BCUT2D eigenvalue weighted by Crippen LogP contribution is -1.81. The van der Waals surface area contributed by atoms with E-state index in [0.29, 0.717) is 5.69 Å². The summed E-state index contributed by atoms with van der Waals surface area (Å²) in [6, 6.07) is 16.1. The zero-order chi connectivity index (χ0) is 12.8. The molecule has 0 unspecified atom stereocenters. The molecule has 18 heavy (non-hydrogen) atoms. The molecule has 0 heterocycles. The summed E-state index contributed by atoms with van der Waals surface area (Å²) in [7, 11) is 0. The molecule has 0 aromatic heterocycles. The zero-order valence-corrected chi connectivity index (χ0v) is 10.9. The summed E-state index contributed by atoms with van der Waals surface area (Å²) in [4.78, 5) is 3.85. The van der Waals surface area contributed by atoms with E-state index in [2.05, 4.69) is 41.2 Å². The summed E-state index contributed by atoms with van der Waals surface area (Å²) >= 11 is 1.68. The van der Waals surface area contributed by atoms with Crippen molar-refractivity contribution in [1.29, 1.82) is 0 Å². The molecule has 0 fully saturated rings. The molecular formula is C14H13N3S. The first-order chi connectivity index (χ1) is 8.79. The first-order valence-corrected chi connectivity index (χ1v) is 6.60. The number of thioether (sulfide) groups is 1. The maximum Gasteiger partial charge on any atom is 0.0511 e. The van der Waals surface area contributed by atoms with Crippen LogP contribution in [0.2, 0.25) is 0 Å². The molecule has 0 aliphatic heterocycles. The third-order valence-electron chi connectivity index (χ3n) is 2.53. The van der Waals surface area contributed by atoms with Crippen LogP contribution in [0.3, 0.4) is 0 Å². The molecule has 0 N–H and O–H groups in total. The van der Waals surface area contributed by atoms with Crippen molar-refractivity contribution in [3.05, 3.63) is 70.1 Å². The molecule has 2 aromatic rings. The van der Waals surface area contributed by atoms with Crippen molar-refractivity contribution in [2.45, 2.75) is 17.6 Å². The lowest BCUT2D eigenvalue weighted by atomic mass is 10.2. The van der Waals surface area contributed by atoms with Gasteiger partial charge < -0.3 is 0 Å². The smallest absolute Gasteiger partial charge is 0.0511 e. The molecule has 0 aliphatic rings. The minimum atomic E-state index is 0.692. The van der Waals surface area contributed by atoms with Gasteiger partial charge in [-0.2, -0.15) is 0 Å². The van der Waals surface area contributed by atoms with E-state index >= 15 is 0 Å². The molecule has 0 bridgehead atoms. The second-order valence-corrected chi connectivity index (χ2v) is 4.95. The number of hydrogen-bond acceptors (Lipinski definition) is 2. The lowest BCUT2D eigenvalue weighted by Gasteiger charge is -2.05. The normalized spacial score (nSPS) is 9.83. The third-order valence-corrected chi connectivity index (χ3v) is 3.67. The van der Waals surface area contributed by atoms with Crippen LogP contribution in [0.4, 0.5) is 5.69 Å². The van der Waals surface area contributed by atoms with Crippen LogP contribution in [0.15, 0.2) is 58.5 Å². The molecule has 0 atom stereocenters. The number of nitrogens with zero attached hydrogens (tertiary/aromatic N) is 3. The Morgan fingerprint density at radius 3 is 2.56 bits per heavy atom. The van der Waals surface area contributed by atoms with E-state index in [4.69, 9.17) is 5.53 Å². The topological polar surface area (TPSA) is 48.8 Å². The summed E-state index contributed by atoms with van der Waals surface area (Å²) in [5.74, 6) is 0.873. The highest BCUT2D eigenvalue weighted by atomic mass is 32.2. The Balaban J connectivity index is 2.10. The molecule has 2 rings (SSSR count). The fraction of sp³-hybridized carbons (Fsp3) is 0.143. The van der Waals surface area contributed by atoms with Gasteiger partial charge in [0.1, 0.15) is 0 Å². The quantitative estimate of drug-likeness (QED) is 0.319. The van der Waals surface area contributed by atoms with Gasteiger partial charge in [0, 0.05) is 15.6 Å². The first kappa shape index (κ1) is 12.6. The van der Waals surface area contributed by atoms with Gasteiger partial charge >= 0.3 is 0 Å². The highest BCUT2D eigenvalue weighted by molar-refractivity contribution is 7.98. The van der Waals surface area contributed by atoms with Crippen molar-refractivity contribution < 1.29 is 0 Å². The second-order valence-electron chi connectivity index (χ2n) is 3.93. The minimum absolute atomic E-state index is 0.692. The van der Waals surface area contributed by atoms with Crippen LogP contribution in [0, 0.1) is 6.92 Å². The van der Waals surface area contributed by atoms with Crippen molar-refractivity contribution in [2.75, 3.05) is 0 Å². The van der Waals surface area contributed by atoms with Gasteiger partial charge in [-0.25, -0.2) is 0 Å². The summed E-state index contributed by atoms with van der Waals surface area (Å²) in [5.41, 5.74) is 11.7. The van der Waals surface area contributed by atoms with Gasteiger partial charge in [-0.05, 0) is 24.1 Å². The van der Waals surface area contributed by atoms with Crippen LogP contribution in [0.25, 0.3) is 10.4 Å². The Kier molecular flexibility index (Phi) is 4.29. The lowest BCUT2D eigenvalue weighted by molar-refractivity contribution is 1.32. The Hall–Kier alpha value is -1.90. The summed E-state index contributed by atoms with van der Waals surface area (Å²) in [6.07, 6.45) is 0. The molecule has 0 amide bonds. The van der Waals surface area contributed by atoms with E-state index < -0.39 is 0 Å². The van der Waals surface area contributed by atoms with Gasteiger partial charge in [0.15, 0.2) is 0 Å². The molecule has 3 nitrogen and oxygen atoms in total. The van der Waals surface area contributed by atoms with Gasteiger partial charge in [0.05, 0.1) is 5.69 Å². The minimum Gasteiger partial charge on any atom is -0.121 e. The molecule has 90 valence electrons. The summed E-state index contributed by atoms with van der Waals surface area (Å²) in [5, 5.41) is 3.69. The Bertz CT molecular complexity index is 572. The number of aryl methyl sites for hydroxylation is 1. The fourth-order valence-corrected chi connectivity index (χ4v) is 2.50. The summed E-state index contributed by atoms with van der Waals surface area (Å²) in [6.45, 7) is 2.08. The molecule has 4 heteroatoms. The van der Waals surface area contributed by atoms with E-state index in [1.807, 2.05) is 24.3 Å². The van der Waals surface area contributed by atoms with Crippen LogP contribution >= 0.6 is 11.8 Å². The molecule has 2 aromatic carbocycles. The number of azide groups is 1. The third kappa shape index (κ3) is 3.29. The highest BCUT2D eigenvalue weighted by Crippen LogP contribution is 2.31. The second kappa shape index (κ2) is 6.15. The molecule has 0 saturated heterocycles. The Labute approximate surface area is 110 Å². The Morgan fingerprint density at radius 2 is 1.83 bits per heavy atom. The monoisotopic (exact) mass is 255 g/mol. The predicted molar refractivity (Wildman–Crippen MR) is 76.0 cm³/mol. The van der Waals surface area contributed by atoms with E-state index in [0.717, 1.165) is 10.6 Å². The van der Waals surface area contributed by atoms with Gasteiger partial charge in [-0.1, -0.05) is 53.1 Å². The molecule has 0 radical (unpaired) electrons. The van der Waals surface area contributed by atoms with Crippen molar-refractivity contribution in [1.82, 2.24) is 0 Å². The van der Waals surface area contributed by atoms with Crippen LogP contribution in [0.1, 0.15) is 11.1 Å². The summed E-state index contributed by atoms with van der Waals surface area (Å²) < 4.78 is 0. The molecule has 0 saturated carbocycles. The van der Waals surface area contributed by atoms with E-state index in [9.17, 15) is 0 Å². The maximum atomic E-state index is 8.51. The zero-order valence-electron chi connectivity index (χ0n) is 10.1. The van der Waals surface area contributed by atoms with Crippen molar-refractivity contribution in [3.63, 3.8) is 0 Å². The van der Waals surface area contributed by atoms with Crippen molar-refractivity contribution >= 4 is 17.4 Å². The van der Waals surface area contributed by atoms with Gasteiger partial charge in [0.25, 0.3) is 0 Å². The predicted octanol–water partition coefficient (Wildman–Crippen LogP) is 5.23. The SMILES string of the molecule is Cc1ccc(CSc2ccccc2N=[N+]=[N-])cc1. The van der Waals surface area contributed by atoms with E-state index in [1.165, 1.54) is 11.1 Å². The Morgan fingerprint density at radius 1 is 1.11 bits per heavy atom. The van der Waals surface area contributed by atoms with Crippen molar-refractivity contribution in [3.8, 4) is 0 Å². The standard InChI is InChI=1S/C14H13N3S/c1-11-6-8-12(9-7-11)10-18-14-5-3-2-4-13(14)16-17-15/h2-9H,10H2,1H3. The van der Waals surface area contributed by atoms with Crippen LogP contribution in [-0.4, -0.2) is 0 Å². The van der Waals surface area contributed by atoms with E-state index in [-0.39, 0.29) is 0 Å². The van der Waals surface area contributed by atoms with Crippen molar-refractivity contribution in [2.24, 2.45) is 5.11 Å². The number of benzene rings is 2. The number of hydrogen-bond donors (Lipinski definition) is 0.